The molecule has 0 unspecified atom stereocenters. The third-order valence-corrected chi connectivity index (χ3v) is 12.1. The summed E-state index contributed by atoms with van der Waals surface area (Å²) < 4.78 is 5.13. The van der Waals surface area contributed by atoms with Gasteiger partial charge >= 0.3 is 0 Å². The predicted octanol–water partition coefficient (Wildman–Crippen LogP) is 14.7. The first-order valence-electron chi connectivity index (χ1n) is 19.7. The molecule has 2 nitrogen and oxygen atoms in total. The first-order valence-corrected chi connectivity index (χ1v) is 19.7. The largest absolute Gasteiger partial charge is 0.308 e. The number of aromatic nitrogens is 2. The van der Waals surface area contributed by atoms with Crippen LogP contribution < -0.4 is 0 Å². The molecule has 2 heterocycles. The summed E-state index contributed by atoms with van der Waals surface area (Å²) in [6.45, 7) is 0. The van der Waals surface area contributed by atoms with Crippen molar-refractivity contribution >= 4 is 87.2 Å². The molecular weight excluding hydrogens is 677 g/mol. The maximum absolute atomic E-state index is 2.59. The Labute approximate surface area is 324 Å². The van der Waals surface area contributed by atoms with E-state index in [1.165, 1.54) is 110 Å². The quantitative estimate of drug-likeness (QED) is 0.161. The fourth-order valence-corrected chi connectivity index (χ4v) is 9.89. The van der Waals surface area contributed by atoms with Crippen LogP contribution >= 0.6 is 0 Å². The lowest BCUT2D eigenvalue weighted by Gasteiger charge is -2.21. The average molecular weight is 713 g/mol. The number of fused-ring (bicyclic) bond motifs is 15. The highest BCUT2D eigenvalue weighted by Gasteiger charge is 2.27. The molecule has 0 spiro atoms. The van der Waals surface area contributed by atoms with Crippen molar-refractivity contribution in [2.24, 2.45) is 0 Å². The topological polar surface area (TPSA) is 9.86 Å². The van der Waals surface area contributed by atoms with Crippen molar-refractivity contribution in [1.82, 2.24) is 9.13 Å². The maximum Gasteiger partial charge on any atom is 0.0626 e. The van der Waals surface area contributed by atoms with E-state index in [-0.39, 0.29) is 0 Å². The SMILES string of the molecule is C1=C(c2ccccc2)C(n2c3ccccc3c3c4c5ccccc5c5c(c6ccccc6n5-c5ccccc5-c5ccccc5)c4c4ccccc4c32)=CCC1. The highest BCUT2D eigenvalue weighted by atomic mass is 15.0. The Morgan fingerprint density at radius 2 is 0.768 bits per heavy atom. The lowest BCUT2D eigenvalue weighted by Crippen LogP contribution is -2.03. The van der Waals surface area contributed by atoms with E-state index in [2.05, 4.69) is 203 Å². The van der Waals surface area contributed by atoms with Gasteiger partial charge in [-0.05, 0) is 52.9 Å². The third-order valence-electron chi connectivity index (χ3n) is 12.1. The van der Waals surface area contributed by atoms with Crippen LogP contribution in [0.2, 0.25) is 0 Å². The molecule has 1 aliphatic rings. The molecule has 12 rings (SSSR count). The fourth-order valence-electron chi connectivity index (χ4n) is 9.89. The van der Waals surface area contributed by atoms with Crippen LogP contribution in [0.15, 0.2) is 194 Å². The van der Waals surface area contributed by atoms with Crippen LogP contribution in [0.1, 0.15) is 18.4 Å². The van der Waals surface area contributed by atoms with Crippen molar-refractivity contribution < 1.29 is 0 Å². The Balaban J connectivity index is 1.33. The molecule has 2 aromatic heterocycles. The molecule has 11 aromatic rings. The summed E-state index contributed by atoms with van der Waals surface area (Å²) >= 11 is 0. The van der Waals surface area contributed by atoms with Gasteiger partial charge in [-0.3, -0.25) is 0 Å². The van der Waals surface area contributed by atoms with E-state index in [1.54, 1.807) is 0 Å². The maximum atomic E-state index is 2.59. The molecule has 0 saturated carbocycles. The van der Waals surface area contributed by atoms with Gasteiger partial charge in [-0.2, -0.15) is 0 Å². The molecule has 0 amide bonds. The summed E-state index contributed by atoms with van der Waals surface area (Å²) in [5.74, 6) is 0. The van der Waals surface area contributed by atoms with Gasteiger partial charge in [0.2, 0.25) is 0 Å². The lowest BCUT2D eigenvalue weighted by molar-refractivity contribution is 1.02. The molecule has 56 heavy (non-hydrogen) atoms. The molecule has 1 aliphatic carbocycles. The summed E-state index contributed by atoms with van der Waals surface area (Å²) in [6.07, 6.45) is 6.95. The van der Waals surface area contributed by atoms with E-state index in [0.29, 0.717) is 0 Å². The van der Waals surface area contributed by atoms with E-state index >= 15 is 0 Å². The summed E-state index contributed by atoms with van der Waals surface area (Å²) in [5.41, 5.74) is 12.4. The van der Waals surface area contributed by atoms with Gasteiger partial charge < -0.3 is 9.13 Å². The average Bonchev–Trinajstić information content (AvgIpc) is 3.81. The number of para-hydroxylation sites is 3. The van der Waals surface area contributed by atoms with E-state index in [0.717, 1.165) is 12.8 Å². The number of rotatable bonds is 4. The van der Waals surface area contributed by atoms with E-state index in [1.807, 2.05) is 0 Å². The van der Waals surface area contributed by atoms with Crippen molar-refractivity contribution in [1.29, 1.82) is 0 Å². The standard InChI is InChI=1S/C54H36N2/c1-3-19-35(20-4-1)37-23-11-15-31-45(37)55-47-33-17-13-29-43(47)51-49-40-26-8-10-28-42(40)54-52(50(49)39-25-7-9-27-41(39)53(51)55)44-30-14-18-34-48(44)56(54)46-32-16-12-24-38(46)36-21-5-2-6-22-36/h1-11,13-15,17-34H,12,16H2. The molecular formula is C54H36N2. The Morgan fingerprint density at radius 3 is 1.39 bits per heavy atom. The highest BCUT2D eigenvalue weighted by Crippen LogP contribution is 2.51. The molecule has 0 N–H and O–H groups in total. The van der Waals surface area contributed by atoms with Crippen LogP contribution in [-0.2, 0) is 0 Å². The molecule has 0 atom stereocenters. The summed E-state index contributed by atoms with van der Waals surface area (Å²) in [5, 5.41) is 12.8. The second-order valence-electron chi connectivity index (χ2n) is 15.0. The minimum absolute atomic E-state index is 1.01. The van der Waals surface area contributed by atoms with Crippen LogP contribution in [-0.4, -0.2) is 9.13 Å². The van der Waals surface area contributed by atoms with Crippen molar-refractivity contribution in [2.45, 2.75) is 12.8 Å². The van der Waals surface area contributed by atoms with Crippen molar-refractivity contribution in [3.05, 3.63) is 200 Å². The minimum Gasteiger partial charge on any atom is -0.308 e. The Hall–Kier alpha value is -7.16. The minimum atomic E-state index is 1.01. The van der Waals surface area contributed by atoms with Gasteiger partial charge in [-0.25, -0.2) is 0 Å². The Kier molecular flexibility index (Phi) is 6.79. The molecule has 2 heteroatoms. The number of benzene rings is 9. The van der Waals surface area contributed by atoms with Crippen molar-refractivity contribution in [3.63, 3.8) is 0 Å². The van der Waals surface area contributed by atoms with Crippen LogP contribution in [0.3, 0.4) is 0 Å². The first-order chi connectivity index (χ1) is 27.9. The fraction of sp³-hybridized carbons (Fsp3) is 0.0370. The molecule has 0 fully saturated rings. The van der Waals surface area contributed by atoms with Crippen LogP contribution in [0.25, 0.3) is 104 Å². The number of hydrogen-bond acceptors (Lipinski definition) is 0. The van der Waals surface area contributed by atoms with Crippen molar-refractivity contribution in [3.8, 4) is 16.8 Å². The molecule has 262 valence electrons. The van der Waals surface area contributed by atoms with Gasteiger partial charge in [0.1, 0.15) is 0 Å². The van der Waals surface area contributed by atoms with Gasteiger partial charge in [0.25, 0.3) is 0 Å². The molecule has 0 saturated heterocycles. The lowest BCUT2D eigenvalue weighted by atomic mass is 9.89. The van der Waals surface area contributed by atoms with E-state index in [9.17, 15) is 0 Å². The molecule has 0 radical (unpaired) electrons. The van der Waals surface area contributed by atoms with Crippen LogP contribution in [0.4, 0.5) is 0 Å². The first kappa shape index (κ1) is 31.2. The van der Waals surface area contributed by atoms with Crippen molar-refractivity contribution in [2.75, 3.05) is 0 Å². The Bertz CT molecular complexity index is 3450. The summed E-state index contributed by atoms with van der Waals surface area (Å²) in [6, 6.07) is 67.0. The van der Waals surface area contributed by atoms with E-state index in [4.69, 9.17) is 0 Å². The predicted molar refractivity (Wildman–Crippen MR) is 240 cm³/mol. The normalized spacial score (nSPS) is 13.4. The zero-order valence-electron chi connectivity index (χ0n) is 30.8. The van der Waals surface area contributed by atoms with Gasteiger partial charge in [0.05, 0.1) is 27.8 Å². The molecule has 0 aliphatic heterocycles. The molecule has 0 bridgehead atoms. The second-order valence-corrected chi connectivity index (χ2v) is 15.0. The summed E-state index contributed by atoms with van der Waals surface area (Å²) in [4.78, 5) is 0. The van der Waals surface area contributed by atoms with Gasteiger partial charge in [-0.1, -0.05) is 176 Å². The second kappa shape index (κ2) is 12.2. The zero-order valence-corrected chi connectivity index (χ0v) is 30.8. The Morgan fingerprint density at radius 1 is 0.321 bits per heavy atom. The third kappa shape index (κ3) is 4.33. The smallest absolute Gasteiger partial charge is 0.0626 e. The van der Waals surface area contributed by atoms with Crippen LogP contribution in [0, 0.1) is 0 Å². The van der Waals surface area contributed by atoms with Gasteiger partial charge in [0.15, 0.2) is 0 Å². The number of nitrogens with zero attached hydrogens (tertiary/aromatic N) is 2. The highest BCUT2D eigenvalue weighted by molar-refractivity contribution is 6.45. The van der Waals surface area contributed by atoms with E-state index < -0.39 is 0 Å². The molecule has 9 aromatic carbocycles. The van der Waals surface area contributed by atoms with Gasteiger partial charge in [-0.15, -0.1) is 0 Å². The number of hydrogen-bond donors (Lipinski definition) is 0. The van der Waals surface area contributed by atoms with Gasteiger partial charge in [0, 0.05) is 59.9 Å². The van der Waals surface area contributed by atoms with Crippen LogP contribution in [0.5, 0.6) is 0 Å². The zero-order chi connectivity index (χ0) is 36.7. The number of allylic oxidation sites excluding steroid dienone is 4. The summed E-state index contributed by atoms with van der Waals surface area (Å²) in [7, 11) is 0. The monoisotopic (exact) mass is 712 g/mol.